The molecule has 1 unspecified atom stereocenters. The van der Waals surface area contributed by atoms with Crippen molar-refractivity contribution in [1.82, 2.24) is 0 Å². The maximum Gasteiger partial charge on any atom is 0.172 e. The normalized spacial score (nSPS) is 16.1. The number of benzene rings is 7. The van der Waals surface area contributed by atoms with E-state index < -0.39 is 7.14 Å². The molecule has 0 spiro atoms. The van der Waals surface area contributed by atoms with Crippen LogP contribution in [0.1, 0.15) is 0 Å². The maximum absolute atomic E-state index is 16.2. The molecule has 0 amide bonds. The molecule has 2 heteroatoms. The molecule has 7 aromatic carbocycles. The molecule has 1 atom stereocenters. The van der Waals surface area contributed by atoms with Crippen molar-refractivity contribution < 1.29 is 4.57 Å². The molecule has 0 fully saturated rings. The van der Waals surface area contributed by atoms with Gasteiger partial charge in [-0.1, -0.05) is 133 Å². The lowest BCUT2D eigenvalue weighted by Crippen LogP contribution is -2.27. The standard InChI is InChI=1S/C36H23OP/c37-38(32-19-9-13-24-10-1-4-14-27(24)32)33-18-8-7-17-30(33)31-22-20-25-11-2-5-15-28(25)35(31)36-29-16-6-3-12-26(29)21-23-34(36)38/h1-23H. The van der Waals surface area contributed by atoms with E-state index in [1.54, 1.807) is 0 Å². The third kappa shape index (κ3) is 2.86. The van der Waals surface area contributed by atoms with Crippen molar-refractivity contribution in [2.24, 2.45) is 0 Å². The fourth-order valence-corrected chi connectivity index (χ4v) is 9.68. The van der Waals surface area contributed by atoms with Crippen LogP contribution in [-0.4, -0.2) is 0 Å². The molecule has 1 nitrogen and oxygen atoms in total. The largest absolute Gasteiger partial charge is 0.309 e. The molecule has 0 bridgehead atoms. The van der Waals surface area contributed by atoms with Gasteiger partial charge in [0, 0.05) is 21.5 Å². The van der Waals surface area contributed by atoms with Crippen LogP contribution in [0.25, 0.3) is 54.6 Å². The molecule has 8 rings (SSSR count). The van der Waals surface area contributed by atoms with Crippen LogP contribution >= 0.6 is 7.14 Å². The van der Waals surface area contributed by atoms with E-state index in [2.05, 4.69) is 115 Å². The first-order chi connectivity index (χ1) is 18.7. The summed E-state index contributed by atoms with van der Waals surface area (Å²) in [4.78, 5) is 0. The minimum Gasteiger partial charge on any atom is -0.309 e. The summed E-state index contributed by atoms with van der Waals surface area (Å²) in [6, 6.07) is 48.7. The van der Waals surface area contributed by atoms with Crippen molar-refractivity contribution >= 4 is 55.4 Å². The molecule has 1 heterocycles. The van der Waals surface area contributed by atoms with Gasteiger partial charge in [0.05, 0.1) is 0 Å². The van der Waals surface area contributed by atoms with E-state index >= 15 is 4.57 Å². The Balaban J connectivity index is 1.66. The molecule has 178 valence electrons. The predicted octanol–water partition coefficient (Wildman–Crippen LogP) is 8.43. The van der Waals surface area contributed by atoms with Gasteiger partial charge >= 0.3 is 0 Å². The van der Waals surface area contributed by atoms with Crippen molar-refractivity contribution in [3.8, 4) is 22.3 Å². The van der Waals surface area contributed by atoms with E-state index in [1.165, 1.54) is 16.3 Å². The number of fused-ring (bicyclic) bond motifs is 10. The third-order valence-corrected chi connectivity index (χ3v) is 11.3. The summed E-state index contributed by atoms with van der Waals surface area (Å²) in [6.07, 6.45) is 0. The summed E-state index contributed by atoms with van der Waals surface area (Å²) in [5.74, 6) is 0. The van der Waals surface area contributed by atoms with Crippen LogP contribution < -0.4 is 15.9 Å². The summed E-state index contributed by atoms with van der Waals surface area (Å²) < 4.78 is 16.2. The lowest BCUT2D eigenvalue weighted by Gasteiger charge is -2.24. The molecular weight excluding hydrogens is 479 g/mol. The Morgan fingerprint density at radius 2 is 0.868 bits per heavy atom. The zero-order valence-electron chi connectivity index (χ0n) is 20.6. The summed E-state index contributed by atoms with van der Waals surface area (Å²) in [6.45, 7) is 0. The molecule has 1 aliphatic rings. The molecule has 7 aromatic rings. The van der Waals surface area contributed by atoms with Gasteiger partial charge in [-0.05, 0) is 55.1 Å². The average molecular weight is 503 g/mol. The van der Waals surface area contributed by atoms with Crippen LogP contribution in [0.5, 0.6) is 0 Å². The summed E-state index contributed by atoms with van der Waals surface area (Å²) in [5, 5.41) is 9.52. The molecule has 1 aliphatic heterocycles. The highest BCUT2D eigenvalue weighted by Gasteiger charge is 2.39. The Labute approximate surface area is 221 Å². The van der Waals surface area contributed by atoms with Crippen LogP contribution in [0.15, 0.2) is 140 Å². The molecule has 0 saturated carbocycles. The molecule has 38 heavy (non-hydrogen) atoms. The molecule has 0 radical (unpaired) electrons. The molecule has 0 aromatic heterocycles. The molecule has 0 aliphatic carbocycles. The first-order valence-corrected chi connectivity index (χ1v) is 14.7. The van der Waals surface area contributed by atoms with Crippen molar-refractivity contribution in [1.29, 1.82) is 0 Å². The zero-order valence-corrected chi connectivity index (χ0v) is 21.5. The van der Waals surface area contributed by atoms with E-state index in [0.29, 0.717) is 0 Å². The smallest absolute Gasteiger partial charge is 0.172 e. The Hall–Kier alpha value is -4.45. The quantitative estimate of drug-likeness (QED) is 0.206. The highest BCUT2D eigenvalue weighted by Crippen LogP contribution is 2.55. The number of rotatable bonds is 1. The van der Waals surface area contributed by atoms with Crippen molar-refractivity contribution in [3.63, 3.8) is 0 Å². The van der Waals surface area contributed by atoms with Gasteiger partial charge in [-0.2, -0.15) is 0 Å². The van der Waals surface area contributed by atoms with E-state index in [0.717, 1.165) is 54.1 Å². The molecular formula is C36H23OP. The van der Waals surface area contributed by atoms with Gasteiger partial charge in [0.1, 0.15) is 0 Å². The summed E-state index contributed by atoms with van der Waals surface area (Å²) in [5.41, 5.74) is 4.43. The zero-order chi connectivity index (χ0) is 25.3. The van der Waals surface area contributed by atoms with Crippen LogP contribution in [0.3, 0.4) is 0 Å². The van der Waals surface area contributed by atoms with E-state index in [-0.39, 0.29) is 0 Å². The van der Waals surface area contributed by atoms with Gasteiger partial charge in [0.15, 0.2) is 7.14 Å². The van der Waals surface area contributed by atoms with Crippen LogP contribution in [0.4, 0.5) is 0 Å². The fraction of sp³-hybridized carbons (Fsp3) is 0. The highest BCUT2D eigenvalue weighted by atomic mass is 31.2. The maximum atomic E-state index is 16.2. The molecule has 0 saturated heterocycles. The van der Waals surface area contributed by atoms with Gasteiger partial charge in [-0.3, -0.25) is 0 Å². The number of hydrogen-bond donors (Lipinski definition) is 0. The summed E-state index contributed by atoms with van der Waals surface area (Å²) >= 11 is 0. The predicted molar refractivity (Wildman–Crippen MR) is 163 cm³/mol. The second-order valence-electron chi connectivity index (χ2n) is 10.0. The molecule has 0 N–H and O–H groups in total. The van der Waals surface area contributed by atoms with Crippen molar-refractivity contribution in [3.05, 3.63) is 140 Å². The summed E-state index contributed by atoms with van der Waals surface area (Å²) in [7, 11) is -3.30. The van der Waals surface area contributed by atoms with E-state index in [4.69, 9.17) is 0 Å². The lowest BCUT2D eigenvalue weighted by atomic mass is 9.87. The van der Waals surface area contributed by atoms with Crippen LogP contribution in [0, 0.1) is 0 Å². The van der Waals surface area contributed by atoms with Gasteiger partial charge < -0.3 is 4.57 Å². The van der Waals surface area contributed by atoms with Gasteiger partial charge in [-0.15, -0.1) is 0 Å². The van der Waals surface area contributed by atoms with Gasteiger partial charge in [0.2, 0.25) is 0 Å². The second-order valence-corrected chi connectivity index (χ2v) is 12.7. The Kier molecular flexibility index (Phi) is 4.56. The van der Waals surface area contributed by atoms with E-state index in [9.17, 15) is 0 Å². The fourth-order valence-electron chi connectivity index (χ4n) is 6.40. The van der Waals surface area contributed by atoms with Gasteiger partial charge in [0.25, 0.3) is 0 Å². The van der Waals surface area contributed by atoms with Crippen molar-refractivity contribution in [2.45, 2.75) is 0 Å². The highest BCUT2D eigenvalue weighted by molar-refractivity contribution is 7.86. The topological polar surface area (TPSA) is 17.1 Å². The lowest BCUT2D eigenvalue weighted by molar-refractivity contribution is 0.593. The van der Waals surface area contributed by atoms with Gasteiger partial charge in [-0.25, -0.2) is 0 Å². The average Bonchev–Trinajstić information content (AvgIpc) is 3.08. The first-order valence-electron chi connectivity index (χ1n) is 13.0. The van der Waals surface area contributed by atoms with Crippen molar-refractivity contribution in [2.75, 3.05) is 0 Å². The number of hydrogen-bond acceptors (Lipinski definition) is 1. The van der Waals surface area contributed by atoms with Crippen LogP contribution in [-0.2, 0) is 4.57 Å². The Morgan fingerprint density at radius 1 is 0.342 bits per heavy atom. The first kappa shape index (κ1) is 21.6. The third-order valence-electron chi connectivity index (χ3n) is 8.06. The monoisotopic (exact) mass is 502 g/mol. The minimum absolute atomic E-state index is 0.900. The van der Waals surface area contributed by atoms with Crippen LogP contribution in [0.2, 0.25) is 0 Å². The second kappa shape index (κ2) is 8.02. The SMILES string of the molecule is O=P1(c2cccc3ccccc23)c2ccccc2-c2ccc3ccccc3c2-c2c1ccc1ccccc21. The minimum atomic E-state index is -3.30. The van der Waals surface area contributed by atoms with E-state index in [1.807, 2.05) is 24.3 Å². The Morgan fingerprint density at radius 3 is 1.63 bits per heavy atom. The Bertz CT molecular complexity index is 2120.